The van der Waals surface area contributed by atoms with Gasteiger partial charge < -0.3 is 13.0 Å². The number of hydrazine groups is 5. The first-order valence-electron chi connectivity index (χ1n) is 43.7. The topological polar surface area (TPSA) is 261 Å². The Morgan fingerprint density at radius 1 is 0.259 bits per heavy atom. The third kappa shape index (κ3) is 27.5. The number of nitrogens with two attached hydrogens (primary N) is 1. The predicted molar refractivity (Wildman–Crippen MR) is 603 cm³/mol. The summed E-state index contributed by atoms with van der Waals surface area (Å²) in [4.78, 5) is 122. The molecule has 31 heteroatoms. The summed E-state index contributed by atoms with van der Waals surface area (Å²) in [6.07, 6.45) is 1.06. The number of amides is 8. The summed E-state index contributed by atoms with van der Waals surface area (Å²) < 4.78 is 14.3. The molecule has 0 aromatic heterocycles. The van der Waals surface area contributed by atoms with Gasteiger partial charge in [0.1, 0.15) is 0 Å². The Hall–Kier alpha value is -11.3. The molecule has 0 spiro atoms. The van der Waals surface area contributed by atoms with Gasteiger partial charge in [-0.05, 0) is 260 Å². The van der Waals surface area contributed by atoms with Gasteiger partial charge in [-0.15, -0.1) is 12.4 Å². The Kier molecular flexibility index (Phi) is 45.1. The molecule has 8 amide bonds. The van der Waals surface area contributed by atoms with E-state index in [0.717, 1.165) is 55.9 Å². The second kappa shape index (κ2) is 56.4. The number of nitrogen functional groups attached to an aromatic ring is 1. The van der Waals surface area contributed by atoms with Crippen molar-refractivity contribution in [1.29, 1.82) is 0 Å². The Bertz CT molecular complexity index is 7070. The molecule has 0 radical (unpaired) electrons. The van der Waals surface area contributed by atoms with Gasteiger partial charge in [0.25, 0.3) is 47.3 Å². The van der Waals surface area contributed by atoms with Crippen molar-refractivity contribution >= 4 is 239 Å². The van der Waals surface area contributed by atoms with Crippen LogP contribution in [0.25, 0.3) is 11.1 Å². The second-order valence-corrected chi connectivity index (χ2v) is 44.8. The number of para-hydroxylation sites is 7. The molecule has 0 saturated carbocycles. The average Bonchev–Trinajstić information content (AvgIpc) is 1.61. The van der Waals surface area contributed by atoms with E-state index in [0.29, 0.717) is 78.4 Å². The van der Waals surface area contributed by atoms with E-state index in [2.05, 4.69) is 250 Å². The molecule has 0 unspecified atom stereocenters. The monoisotopic (exact) mass is 2600 g/mol. The van der Waals surface area contributed by atoms with Crippen molar-refractivity contribution in [2.24, 2.45) is 5.84 Å². The Labute approximate surface area is 1010 Å². The van der Waals surface area contributed by atoms with Gasteiger partial charge in [-0.2, -0.15) is 20.0 Å². The summed E-state index contributed by atoms with van der Waals surface area (Å²) >= 11 is 18.6. The van der Waals surface area contributed by atoms with E-state index >= 15 is 0 Å². The molecular formula is C116H94BiBr6ClK2N10O11. The molecule has 0 fully saturated rings. The summed E-state index contributed by atoms with van der Waals surface area (Å²) in [6, 6.07) is 138. The Balaban J connectivity index is 0.000000209. The van der Waals surface area contributed by atoms with E-state index in [4.69, 9.17) is 5.84 Å². The summed E-state index contributed by atoms with van der Waals surface area (Å²) in [5, 5.41) is 7.75. The number of hydrogen-bond donors (Lipinski definition) is 4. The van der Waals surface area contributed by atoms with Crippen LogP contribution in [0.1, 0.15) is 140 Å². The van der Waals surface area contributed by atoms with Gasteiger partial charge in [-0.1, -0.05) is 232 Å². The van der Waals surface area contributed by atoms with Gasteiger partial charge in [-0.25, -0.2) is 19.6 Å². The van der Waals surface area contributed by atoms with E-state index in [1.807, 2.05) is 170 Å². The Morgan fingerprint density at radius 3 is 0.796 bits per heavy atom. The number of halogens is 7. The first kappa shape index (κ1) is 118. The summed E-state index contributed by atoms with van der Waals surface area (Å²) in [6.45, 7) is 0. The molecule has 0 saturated heterocycles. The first-order valence-corrected chi connectivity index (χ1v) is 53.7. The van der Waals surface area contributed by atoms with Crippen molar-refractivity contribution in [1.82, 2.24) is 20.0 Å². The van der Waals surface area contributed by atoms with E-state index < -0.39 is 33.7 Å². The molecule has 730 valence electrons. The molecule has 147 heavy (non-hydrogen) atoms. The number of carbonyl (C=O) groups excluding carboxylic acids is 10. The zero-order chi connectivity index (χ0) is 98.6. The minimum atomic E-state index is -2.06. The van der Waals surface area contributed by atoms with Crippen LogP contribution in [0.3, 0.4) is 0 Å². The van der Waals surface area contributed by atoms with Crippen molar-refractivity contribution in [2.45, 2.75) is 28.7 Å². The average molecular weight is 2610 g/mol. The fraction of sp³-hybridized carbons (Fsp3) is 0.0345. The zero-order valence-electron chi connectivity index (χ0n) is 78.7. The molecule has 17 aromatic rings. The van der Waals surface area contributed by atoms with Crippen LogP contribution in [0.15, 0.2) is 464 Å². The number of nitrogens with zero attached hydrogens (tertiary/aromatic N) is 6. The standard InChI is InChI=1S/2C20H13BrN2O2.2C14H9BrN2O2.C13H9Br.C8H4O3.C6H7BrN2.3C6H5.3CH4.Bi.ClH.2K.2H/c2*21-17-12-6-7-13-18(17)22(14-8-2-1-3-9-14)23-19(24)15-10-4-5-11-16(15)20(23)25;2*15-11-7-3-4-8-12(11)16-17-13(18)9-5-1-2-6-10(9)14(17)19;14-13-7-3-6-11-10-5-2-1-4-9(10)8-12(11)13;9-7-5-3-1-2-4-6(5)8(10)11-7;7-5-3-1-2-4-6(5)9-8;3*1-2-4-6-5-3-1;;;;;;;;;/h2*1-13H;2*1-8,16H;1-7H,8H2;1-4H;1-4,9H,8H2;3*1-5H;3*1H4;;1H;;;;/q;;;;;;;;;;;;;;;2*+1;2*-1. The molecule has 5 aliphatic heterocycles. The molecule has 0 atom stereocenters. The van der Waals surface area contributed by atoms with Crippen LogP contribution in [-0.2, 0) is 11.2 Å². The van der Waals surface area contributed by atoms with Crippen molar-refractivity contribution in [2.75, 3.05) is 26.3 Å². The number of anilines is 7. The van der Waals surface area contributed by atoms with Crippen molar-refractivity contribution in [3.63, 3.8) is 0 Å². The van der Waals surface area contributed by atoms with Gasteiger partial charge in [-0.3, -0.25) is 55.1 Å². The summed E-state index contributed by atoms with van der Waals surface area (Å²) in [7, 11) is 0. The fourth-order valence-electron chi connectivity index (χ4n) is 15.7. The van der Waals surface area contributed by atoms with Gasteiger partial charge in [0.15, 0.2) is 0 Å². The predicted octanol–water partition coefficient (Wildman–Crippen LogP) is 21.3. The molecule has 23 rings (SSSR count). The molecule has 0 bridgehead atoms. The molecule has 21 nitrogen and oxygen atoms in total. The first-order chi connectivity index (χ1) is 68.7. The normalized spacial score (nSPS) is 12.2. The van der Waals surface area contributed by atoms with E-state index in [-0.39, 0.29) is 188 Å². The number of carbonyl (C=O) groups is 10. The maximum absolute atomic E-state index is 13.0. The van der Waals surface area contributed by atoms with Crippen LogP contribution < -0.4 is 145 Å². The minimum absolute atomic E-state index is 0. The number of rotatable bonds is 14. The SMILES string of the molecule is Brc1cccc2c1Cc1ccccc1-2.C.C.C.Cl.NNc1ccccc1Br.O=C1OC(=O)c2ccccc21.O=C1c2ccccc2C(=O)N1N(c1ccccc1)c1ccccc1Br.O=C1c2ccccc2C(=O)N1N(c1ccccc1)c1ccccc1Br.O=C1c2ccccc2C(=O)N1Nc1ccccc1Br.O=C1c2ccccc2C(=O)N1Nc1ccccc1Br.[H-].[H-].[K+].[K+].c1cc[c]([Bi]([c]2ccccc2)[c]2ccccc2)cc1. The second-order valence-electron chi connectivity index (χ2n) is 31.1. The number of hydrogen-bond acceptors (Lipinski definition) is 17. The van der Waals surface area contributed by atoms with Crippen molar-refractivity contribution < 1.29 is 158 Å². The Morgan fingerprint density at radius 2 is 0.497 bits per heavy atom. The van der Waals surface area contributed by atoms with E-state index in [1.165, 1.54) is 46.6 Å². The van der Waals surface area contributed by atoms with Crippen LogP contribution in [0, 0.1) is 0 Å². The van der Waals surface area contributed by atoms with Gasteiger partial charge in [0, 0.05) is 26.8 Å². The van der Waals surface area contributed by atoms with Crippen LogP contribution in [0.5, 0.6) is 0 Å². The van der Waals surface area contributed by atoms with Crippen molar-refractivity contribution in [3.05, 3.63) is 530 Å². The van der Waals surface area contributed by atoms with E-state index in [9.17, 15) is 47.9 Å². The number of esters is 2. The zero-order valence-corrected chi connectivity index (χ0v) is 96.7. The van der Waals surface area contributed by atoms with Gasteiger partial charge >= 0.3 is 237 Å². The van der Waals surface area contributed by atoms with Crippen LogP contribution in [0.2, 0.25) is 0 Å². The van der Waals surface area contributed by atoms with Crippen LogP contribution in [-0.4, -0.2) is 101 Å². The number of benzene rings is 17. The van der Waals surface area contributed by atoms with Crippen LogP contribution >= 0.6 is 108 Å². The van der Waals surface area contributed by atoms with Gasteiger partial charge in [0.2, 0.25) is 0 Å². The van der Waals surface area contributed by atoms with Crippen LogP contribution in [0.4, 0.5) is 39.8 Å². The number of fused-ring (bicyclic) bond motifs is 8. The van der Waals surface area contributed by atoms with Gasteiger partial charge in [0.05, 0.1) is 95.4 Å². The molecular weight excluding hydrogens is 2510 g/mol. The molecule has 6 aliphatic rings. The third-order valence-corrected chi connectivity index (χ3v) is 36.0. The van der Waals surface area contributed by atoms with Crippen molar-refractivity contribution in [3.8, 4) is 11.1 Å². The molecule has 17 aromatic carbocycles. The molecule has 5 N–H and O–H groups in total. The summed E-state index contributed by atoms with van der Waals surface area (Å²) in [5.41, 5.74) is 23.1. The maximum atomic E-state index is 13.0. The fourth-order valence-corrected chi connectivity index (χ4v) is 27.2. The number of cyclic esters (lactones) is 2. The van der Waals surface area contributed by atoms with E-state index in [1.54, 1.807) is 143 Å². The third-order valence-electron chi connectivity index (χ3n) is 22.3. The molecule has 5 heterocycles. The summed E-state index contributed by atoms with van der Waals surface area (Å²) in [5.74, 6) is 1.39. The number of imide groups is 4. The number of ether oxygens (including phenoxy) is 1. The quantitative estimate of drug-likeness (QED) is 0.0197. The number of nitrogens with one attached hydrogen (secondary N) is 3. The molecule has 1 aliphatic carbocycles.